The minimum absolute atomic E-state index is 0. The molecule has 1 aliphatic rings. The highest BCUT2D eigenvalue weighted by atomic mass is 35.5. The largest absolute Gasteiger partial charge is 0.493 e. The predicted octanol–water partition coefficient (Wildman–Crippen LogP) is 3.96. The van der Waals surface area contributed by atoms with Gasteiger partial charge in [0.05, 0.1) is 27.4 Å². The number of para-hydroxylation sites is 1. The van der Waals surface area contributed by atoms with Crippen molar-refractivity contribution in [2.75, 3.05) is 33.9 Å². The van der Waals surface area contributed by atoms with Gasteiger partial charge in [0.15, 0.2) is 11.5 Å². The third-order valence-corrected chi connectivity index (χ3v) is 5.07. The Morgan fingerprint density at radius 1 is 0.923 bits per heavy atom. The summed E-state index contributed by atoms with van der Waals surface area (Å²) in [6, 6.07) is 16.6. The second-order valence-corrected chi connectivity index (χ2v) is 6.54. The van der Waals surface area contributed by atoms with Crippen molar-refractivity contribution in [1.82, 2.24) is 5.32 Å². The first kappa shape index (κ1) is 20.6. The van der Waals surface area contributed by atoms with E-state index in [0.717, 1.165) is 43.0 Å². The normalized spacial score (nSPS) is 15.8. The van der Waals surface area contributed by atoms with Crippen molar-refractivity contribution >= 4 is 12.4 Å². The number of ether oxygens (including phenoxy) is 3. The van der Waals surface area contributed by atoms with Crippen molar-refractivity contribution in [3.63, 3.8) is 0 Å². The van der Waals surface area contributed by atoms with E-state index in [0.29, 0.717) is 13.2 Å². The van der Waals surface area contributed by atoms with E-state index < -0.39 is 0 Å². The standard InChI is InChI=1S/C21H27NO3.ClH/c1-23-19-10-6-7-17(20(19)24-2)15-25-16-21(11-13-22-14-12-21)18-8-4-3-5-9-18;/h3-10,22H,11-16H2,1-2H3;1H. The topological polar surface area (TPSA) is 39.7 Å². The van der Waals surface area contributed by atoms with Crippen LogP contribution >= 0.6 is 12.4 Å². The Morgan fingerprint density at radius 2 is 1.65 bits per heavy atom. The summed E-state index contributed by atoms with van der Waals surface area (Å²) in [5, 5.41) is 3.46. The molecular weight excluding hydrogens is 350 g/mol. The van der Waals surface area contributed by atoms with Gasteiger partial charge < -0.3 is 19.5 Å². The van der Waals surface area contributed by atoms with Gasteiger partial charge in [-0.1, -0.05) is 42.5 Å². The van der Waals surface area contributed by atoms with Crippen molar-refractivity contribution in [2.45, 2.75) is 24.9 Å². The van der Waals surface area contributed by atoms with Gasteiger partial charge in [0.2, 0.25) is 0 Å². The SMILES string of the molecule is COc1cccc(COCC2(c3ccccc3)CCNCC2)c1OC.Cl. The Morgan fingerprint density at radius 3 is 2.31 bits per heavy atom. The molecule has 142 valence electrons. The van der Waals surface area contributed by atoms with Crippen LogP contribution in [0, 0.1) is 0 Å². The van der Waals surface area contributed by atoms with Crippen molar-refractivity contribution in [2.24, 2.45) is 0 Å². The van der Waals surface area contributed by atoms with Crippen LogP contribution in [0.15, 0.2) is 48.5 Å². The van der Waals surface area contributed by atoms with Crippen LogP contribution in [-0.4, -0.2) is 33.9 Å². The molecule has 0 unspecified atom stereocenters. The molecule has 26 heavy (non-hydrogen) atoms. The highest BCUT2D eigenvalue weighted by Crippen LogP contribution is 2.35. The van der Waals surface area contributed by atoms with Gasteiger partial charge in [-0.25, -0.2) is 0 Å². The second-order valence-electron chi connectivity index (χ2n) is 6.54. The quantitative estimate of drug-likeness (QED) is 0.792. The van der Waals surface area contributed by atoms with Crippen LogP contribution < -0.4 is 14.8 Å². The third kappa shape index (κ3) is 4.50. The molecule has 2 aromatic carbocycles. The number of rotatable bonds is 7. The summed E-state index contributed by atoms with van der Waals surface area (Å²) in [5.74, 6) is 1.49. The van der Waals surface area contributed by atoms with Crippen LogP contribution in [-0.2, 0) is 16.8 Å². The monoisotopic (exact) mass is 377 g/mol. The van der Waals surface area contributed by atoms with E-state index in [1.54, 1.807) is 14.2 Å². The van der Waals surface area contributed by atoms with Gasteiger partial charge in [-0.15, -0.1) is 12.4 Å². The lowest BCUT2D eigenvalue weighted by atomic mass is 9.74. The first-order valence-corrected chi connectivity index (χ1v) is 8.83. The molecule has 0 radical (unpaired) electrons. The molecule has 1 N–H and O–H groups in total. The summed E-state index contributed by atoms with van der Waals surface area (Å²) < 4.78 is 17.1. The molecule has 1 aliphatic heterocycles. The highest BCUT2D eigenvalue weighted by molar-refractivity contribution is 5.85. The van der Waals surface area contributed by atoms with Gasteiger partial charge in [-0.3, -0.25) is 0 Å². The maximum atomic E-state index is 6.20. The molecule has 0 aromatic heterocycles. The molecule has 4 nitrogen and oxygen atoms in total. The minimum Gasteiger partial charge on any atom is -0.493 e. The molecule has 0 bridgehead atoms. The van der Waals surface area contributed by atoms with Crippen molar-refractivity contribution in [1.29, 1.82) is 0 Å². The minimum atomic E-state index is 0. The zero-order chi connectivity index (χ0) is 17.5. The van der Waals surface area contributed by atoms with E-state index >= 15 is 0 Å². The lowest BCUT2D eigenvalue weighted by Gasteiger charge is -2.38. The van der Waals surface area contributed by atoms with Gasteiger partial charge in [-0.2, -0.15) is 0 Å². The van der Waals surface area contributed by atoms with E-state index in [2.05, 4.69) is 35.6 Å². The van der Waals surface area contributed by atoms with E-state index in [-0.39, 0.29) is 17.8 Å². The van der Waals surface area contributed by atoms with Crippen molar-refractivity contribution < 1.29 is 14.2 Å². The van der Waals surface area contributed by atoms with Gasteiger partial charge in [0.1, 0.15) is 0 Å². The molecule has 0 amide bonds. The summed E-state index contributed by atoms with van der Waals surface area (Å²) >= 11 is 0. The molecule has 5 heteroatoms. The number of benzene rings is 2. The highest BCUT2D eigenvalue weighted by Gasteiger charge is 2.34. The Labute approximate surface area is 162 Å². The number of methoxy groups -OCH3 is 2. The van der Waals surface area contributed by atoms with Crippen LogP contribution in [0.1, 0.15) is 24.0 Å². The first-order chi connectivity index (χ1) is 12.3. The zero-order valence-corrected chi connectivity index (χ0v) is 16.3. The fourth-order valence-corrected chi connectivity index (χ4v) is 3.64. The number of piperidine rings is 1. The van der Waals surface area contributed by atoms with E-state index in [1.807, 2.05) is 18.2 Å². The first-order valence-electron chi connectivity index (χ1n) is 8.83. The average molecular weight is 378 g/mol. The molecule has 1 saturated heterocycles. The fourth-order valence-electron chi connectivity index (χ4n) is 3.64. The van der Waals surface area contributed by atoms with E-state index in [4.69, 9.17) is 14.2 Å². The number of hydrogen-bond acceptors (Lipinski definition) is 4. The molecule has 1 fully saturated rings. The predicted molar refractivity (Wildman–Crippen MR) is 107 cm³/mol. The van der Waals surface area contributed by atoms with Gasteiger partial charge >= 0.3 is 0 Å². The van der Waals surface area contributed by atoms with E-state index in [9.17, 15) is 0 Å². The second kappa shape index (κ2) is 9.81. The van der Waals surface area contributed by atoms with Crippen LogP contribution in [0.5, 0.6) is 11.5 Å². The molecular formula is C21H28ClNO3. The Balaban J connectivity index is 0.00000243. The molecule has 1 heterocycles. The number of nitrogens with one attached hydrogen (secondary N) is 1. The van der Waals surface area contributed by atoms with Crippen LogP contribution in [0.2, 0.25) is 0 Å². The van der Waals surface area contributed by atoms with Crippen LogP contribution in [0.25, 0.3) is 0 Å². The van der Waals surface area contributed by atoms with Crippen molar-refractivity contribution in [3.05, 3.63) is 59.7 Å². The van der Waals surface area contributed by atoms with Crippen molar-refractivity contribution in [3.8, 4) is 11.5 Å². The maximum absolute atomic E-state index is 6.20. The average Bonchev–Trinajstić information content (AvgIpc) is 2.69. The summed E-state index contributed by atoms with van der Waals surface area (Å²) in [6.45, 7) is 3.28. The van der Waals surface area contributed by atoms with Gasteiger partial charge in [0, 0.05) is 11.0 Å². The Kier molecular flexibility index (Phi) is 7.76. The van der Waals surface area contributed by atoms with Gasteiger partial charge in [-0.05, 0) is 37.6 Å². The molecule has 3 rings (SSSR count). The lowest BCUT2D eigenvalue weighted by molar-refractivity contribution is 0.0554. The molecule has 0 saturated carbocycles. The molecule has 0 spiro atoms. The van der Waals surface area contributed by atoms with Crippen LogP contribution in [0.4, 0.5) is 0 Å². The summed E-state index contributed by atoms with van der Waals surface area (Å²) in [4.78, 5) is 0. The zero-order valence-electron chi connectivity index (χ0n) is 15.5. The summed E-state index contributed by atoms with van der Waals surface area (Å²) in [6.07, 6.45) is 2.18. The van der Waals surface area contributed by atoms with Crippen LogP contribution in [0.3, 0.4) is 0 Å². The molecule has 0 atom stereocenters. The fraction of sp³-hybridized carbons (Fsp3) is 0.429. The number of halogens is 1. The smallest absolute Gasteiger partial charge is 0.166 e. The lowest BCUT2D eigenvalue weighted by Crippen LogP contribution is -2.43. The summed E-state index contributed by atoms with van der Waals surface area (Å²) in [5.41, 5.74) is 2.46. The molecule has 0 aliphatic carbocycles. The Bertz CT molecular complexity index is 672. The third-order valence-electron chi connectivity index (χ3n) is 5.07. The summed E-state index contributed by atoms with van der Waals surface area (Å²) in [7, 11) is 3.32. The Hall–Kier alpha value is -1.75. The molecule has 2 aromatic rings. The van der Waals surface area contributed by atoms with Gasteiger partial charge in [0.25, 0.3) is 0 Å². The van der Waals surface area contributed by atoms with E-state index in [1.165, 1.54) is 5.56 Å². The number of hydrogen-bond donors (Lipinski definition) is 1. The maximum Gasteiger partial charge on any atom is 0.166 e.